The van der Waals surface area contributed by atoms with Gasteiger partial charge in [0.1, 0.15) is 5.75 Å². The Hall–Kier alpha value is -2.04. The van der Waals surface area contributed by atoms with Gasteiger partial charge in [-0.3, -0.25) is 4.79 Å². The van der Waals surface area contributed by atoms with Crippen LogP contribution in [0.2, 0.25) is 0 Å². The molecule has 0 aliphatic heterocycles. The van der Waals surface area contributed by atoms with E-state index in [0.29, 0.717) is 5.75 Å². The Balaban J connectivity index is 1.20. The number of nitrogens with one attached hydrogen (secondary N) is 1. The maximum absolute atomic E-state index is 12.4. The minimum atomic E-state index is -0.530. The van der Waals surface area contributed by atoms with Crippen molar-refractivity contribution >= 4 is 11.9 Å². The number of benzene rings is 1. The standard InChI is InChI=1S/C26H37NO4/c1-17(26-12-18-9-19(13-26)11-20(10-18)14-26)27-23(28)15-31-24(29)16-30-22-7-5-21(6-8-22)25(2,3)4/h5-8,17-20H,9-16H2,1-4H3,(H,27,28)/t17-,18?,19?,20?,26?/m1/s1. The molecule has 5 nitrogen and oxygen atoms in total. The van der Waals surface area contributed by atoms with Gasteiger partial charge in [-0.05, 0) is 91.7 Å². The lowest BCUT2D eigenvalue weighted by Crippen LogP contribution is -2.56. The average Bonchev–Trinajstić information content (AvgIpc) is 2.69. The van der Waals surface area contributed by atoms with Crippen molar-refractivity contribution in [3.05, 3.63) is 29.8 Å². The predicted octanol–water partition coefficient (Wildman–Crippen LogP) is 4.63. The zero-order chi connectivity index (χ0) is 22.2. The summed E-state index contributed by atoms with van der Waals surface area (Å²) in [6, 6.07) is 7.84. The Morgan fingerprint density at radius 3 is 2.06 bits per heavy atom. The van der Waals surface area contributed by atoms with E-state index in [1.165, 1.54) is 44.1 Å². The van der Waals surface area contributed by atoms with E-state index in [1.807, 2.05) is 24.3 Å². The van der Waals surface area contributed by atoms with Crippen LogP contribution in [0.1, 0.15) is 71.8 Å². The van der Waals surface area contributed by atoms with Crippen LogP contribution in [0.5, 0.6) is 5.75 Å². The summed E-state index contributed by atoms with van der Waals surface area (Å²) in [4.78, 5) is 24.5. The van der Waals surface area contributed by atoms with E-state index in [4.69, 9.17) is 9.47 Å². The first-order valence-corrected chi connectivity index (χ1v) is 11.8. The van der Waals surface area contributed by atoms with Gasteiger partial charge in [0.05, 0.1) is 0 Å². The highest BCUT2D eigenvalue weighted by Crippen LogP contribution is 2.61. The minimum Gasteiger partial charge on any atom is -0.482 e. The smallest absolute Gasteiger partial charge is 0.344 e. The van der Waals surface area contributed by atoms with Crippen molar-refractivity contribution in [3.8, 4) is 5.75 Å². The van der Waals surface area contributed by atoms with E-state index >= 15 is 0 Å². The van der Waals surface area contributed by atoms with Gasteiger partial charge in [0.25, 0.3) is 5.91 Å². The number of ether oxygens (including phenoxy) is 2. The molecule has 0 aromatic heterocycles. The van der Waals surface area contributed by atoms with Crippen LogP contribution in [0.15, 0.2) is 24.3 Å². The third-order valence-corrected chi connectivity index (χ3v) is 7.82. The highest BCUT2D eigenvalue weighted by Gasteiger charge is 2.53. The van der Waals surface area contributed by atoms with Gasteiger partial charge in [0, 0.05) is 6.04 Å². The van der Waals surface area contributed by atoms with E-state index in [-0.39, 0.29) is 36.0 Å². The van der Waals surface area contributed by atoms with Crippen molar-refractivity contribution in [3.63, 3.8) is 0 Å². The highest BCUT2D eigenvalue weighted by atomic mass is 16.6. The molecule has 4 aliphatic carbocycles. The number of hydrogen-bond donors (Lipinski definition) is 1. The molecule has 5 rings (SSSR count). The first kappa shape index (κ1) is 22.2. The molecule has 4 fully saturated rings. The lowest BCUT2D eigenvalue weighted by atomic mass is 9.48. The van der Waals surface area contributed by atoms with Gasteiger partial charge in [-0.2, -0.15) is 0 Å². The van der Waals surface area contributed by atoms with E-state index in [9.17, 15) is 9.59 Å². The zero-order valence-electron chi connectivity index (χ0n) is 19.4. The number of carbonyl (C=O) groups is 2. The molecule has 4 saturated carbocycles. The van der Waals surface area contributed by atoms with Crippen molar-refractivity contribution in [2.75, 3.05) is 13.2 Å². The Kier molecular flexibility index (Phi) is 6.06. The number of rotatable bonds is 7. The SMILES string of the molecule is C[C@@H](NC(=O)COC(=O)COc1ccc(C(C)(C)C)cc1)C12CC3CC(CC(C3)C1)C2. The quantitative estimate of drug-likeness (QED) is 0.645. The Morgan fingerprint density at radius 2 is 1.55 bits per heavy atom. The largest absolute Gasteiger partial charge is 0.482 e. The minimum absolute atomic E-state index is 0.0676. The average molecular weight is 428 g/mol. The van der Waals surface area contributed by atoms with Crippen LogP contribution in [-0.4, -0.2) is 31.1 Å². The van der Waals surface area contributed by atoms with Gasteiger partial charge < -0.3 is 14.8 Å². The third kappa shape index (κ3) is 5.07. The van der Waals surface area contributed by atoms with Gasteiger partial charge >= 0.3 is 5.97 Å². The van der Waals surface area contributed by atoms with Gasteiger partial charge in [0.15, 0.2) is 13.2 Å². The molecule has 0 saturated heterocycles. The predicted molar refractivity (Wildman–Crippen MR) is 120 cm³/mol. The van der Waals surface area contributed by atoms with E-state index in [1.54, 1.807) is 0 Å². The summed E-state index contributed by atoms with van der Waals surface area (Å²) < 4.78 is 10.7. The molecule has 1 atom stereocenters. The Labute approximate surface area is 186 Å². The fraction of sp³-hybridized carbons (Fsp3) is 0.692. The topological polar surface area (TPSA) is 64.6 Å². The van der Waals surface area contributed by atoms with Crippen molar-refractivity contribution in [2.45, 2.75) is 77.7 Å². The molecule has 4 bridgehead atoms. The zero-order valence-corrected chi connectivity index (χ0v) is 19.4. The lowest BCUT2D eigenvalue weighted by Gasteiger charge is -2.59. The summed E-state index contributed by atoms with van der Waals surface area (Å²) in [5.41, 5.74) is 1.52. The van der Waals surface area contributed by atoms with Gasteiger partial charge in [-0.15, -0.1) is 0 Å². The van der Waals surface area contributed by atoms with Crippen molar-refractivity contribution in [1.29, 1.82) is 0 Å². The molecule has 1 aromatic carbocycles. The lowest BCUT2D eigenvalue weighted by molar-refractivity contribution is -0.151. The monoisotopic (exact) mass is 427 g/mol. The number of hydrogen-bond acceptors (Lipinski definition) is 4. The molecule has 0 unspecified atom stereocenters. The second-order valence-electron chi connectivity index (χ2n) is 11.3. The molecule has 170 valence electrons. The summed E-state index contributed by atoms with van der Waals surface area (Å²) in [5, 5.41) is 3.13. The molecule has 4 aliphatic rings. The number of amides is 1. The first-order valence-electron chi connectivity index (χ1n) is 11.8. The van der Waals surface area contributed by atoms with Crippen molar-refractivity contribution in [2.24, 2.45) is 23.2 Å². The molecule has 0 heterocycles. The van der Waals surface area contributed by atoms with E-state index in [2.05, 4.69) is 33.0 Å². The number of carbonyl (C=O) groups excluding carboxylic acids is 2. The summed E-state index contributed by atoms with van der Waals surface area (Å²) in [6.07, 6.45) is 7.87. The van der Waals surface area contributed by atoms with Crippen LogP contribution >= 0.6 is 0 Å². The van der Waals surface area contributed by atoms with E-state index in [0.717, 1.165) is 17.8 Å². The van der Waals surface area contributed by atoms with Crippen LogP contribution in [0.3, 0.4) is 0 Å². The van der Waals surface area contributed by atoms with Gasteiger partial charge in [-0.1, -0.05) is 32.9 Å². The van der Waals surface area contributed by atoms with Gasteiger partial charge in [0.2, 0.25) is 0 Å². The third-order valence-electron chi connectivity index (χ3n) is 7.82. The maximum atomic E-state index is 12.4. The Morgan fingerprint density at radius 1 is 1.00 bits per heavy atom. The highest BCUT2D eigenvalue weighted by molar-refractivity contribution is 5.81. The fourth-order valence-corrected chi connectivity index (χ4v) is 6.53. The molecule has 1 N–H and O–H groups in total. The van der Waals surface area contributed by atoms with Crippen molar-refractivity contribution < 1.29 is 19.1 Å². The summed E-state index contributed by atoms with van der Waals surface area (Å²) >= 11 is 0. The van der Waals surface area contributed by atoms with Gasteiger partial charge in [-0.25, -0.2) is 4.79 Å². The first-order chi connectivity index (χ1) is 14.6. The van der Waals surface area contributed by atoms with Crippen LogP contribution in [0.25, 0.3) is 0 Å². The molecular formula is C26H37NO4. The van der Waals surface area contributed by atoms with Crippen LogP contribution < -0.4 is 10.1 Å². The summed E-state index contributed by atoms with van der Waals surface area (Å²) in [7, 11) is 0. The second kappa shape index (κ2) is 8.48. The van der Waals surface area contributed by atoms with Crippen molar-refractivity contribution in [1.82, 2.24) is 5.32 Å². The fourth-order valence-electron chi connectivity index (χ4n) is 6.53. The van der Waals surface area contributed by atoms with Crippen LogP contribution in [-0.2, 0) is 19.7 Å². The number of esters is 1. The summed E-state index contributed by atoms with van der Waals surface area (Å²) in [6.45, 7) is 8.13. The van der Waals surface area contributed by atoms with E-state index < -0.39 is 5.97 Å². The normalized spacial score (nSPS) is 30.0. The van der Waals surface area contributed by atoms with Crippen LogP contribution in [0.4, 0.5) is 0 Å². The van der Waals surface area contributed by atoms with Crippen LogP contribution in [0, 0.1) is 23.2 Å². The molecule has 0 radical (unpaired) electrons. The second-order valence-corrected chi connectivity index (χ2v) is 11.3. The molecule has 1 aromatic rings. The maximum Gasteiger partial charge on any atom is 0.344 e. The Bertz CT molecular complexity index is 772. The summed E-state index contributed by atoms with van der Waals surface area (Å²) in [5.74, 6) is 2.41. The molecule has 1 amide bonds. The molecular weight excluding hydrogens is 390 g/mol. The molecule has 31 heavy (non-hydrogen) atoms. The molecule has 0 spiro atoms. The molecule has 5 heteroatoms.